The van der Waals surface area contributed by atoms with E-state index in [-0.39, 0.29) is 11.6 Å². The van der Waals surface area contributed by atoms with Crippen LogP contribution in [0.3, 0.4) is 0 Å². The molecule has 5 heteroatoms. The average molecular weight is 295 g/mol. The van der Waals surface area contributed by atoms with E-state index in [2.05, 4.69) is 10.3 Å². The highest BCUT2D eigenvalue weighted by molar-refractivity contribution is 6.04. The number of amides is 1. The molecule has 0 bridgehead atoms. The predicted octanol–water partition coefficient (Wildman–Crippen LogP) is 3.32. The summed E-state index contributed by atoms with van der Waals surface area (Å²) in [7, 11) is 0. The van der Waals surface area contributed by atoms with Crippen molar-refractivity contribution in [2.75, 3.05) is 5.32 Å². The number of para-hydroxylation sites is 1. The molecule has 0 unspecified atom stereocenters. The maximum absolute atomic E-state index is 13.5. The lowest BCUT2D eigenvalue weighted by Gasteiger charge is -2.07. The monoisotopic (exact) mass is 295 g/mol. The SMILES string of the molecule is O=C(Nc1ccccc1F)c1ccc(Cn2ccnc2)cc1. The minimum atomic E-state index is -0.451. The number of hydrogen-bond donors (Lipinski definition) is 1. The van der Waals surface area contributed by atoms with Gasteiger partial charge in [-0.3, -0.25) is 4.79 Å². The number of halogens is 1. The maximum Gasteiger partial charge on any atom is 0.255 e. The number of rotatable bonds is 4. The van der Waals surface area contributed by atoms with E-state index in [1.807, 2.05) is 22.9 Å². The van der Waals surface area contributed by atoms with Crippen molar-refractivity contribution < 1.29 is 9.18 Å². The summed E-state index contributed by atoms with van der Waals surface area (Å²) >= 11 is 0. The fraction of sp³-hybridized carbons (Fsp3) is 0.0588. The molecule has 1 N–H and O–H groups in total. The molecule has 0 fully saturated rings. The molecule has 0 atom stereocenters. The van der Waals surface area contributed by atoms with E-state index in [1.165, 1.54) is 12.1 Å². The lowest BCUT2D eigenvalue weighted by atomic mass is 10.1. The molecule has 0 spiro atoms. The number of anilines is 1. The van der Waals surface area contributed by atoms with Crippen molar-refractivity contribution in [3.05, 3.63) is 84.2 Å². The molecule has 0 aliphatic rings. The van der Waals surface area contributed by atoms with Crippen LogP contribution in [0.1, 0.15) is 15.9 Å². The van der Waals surface area contributed by atoms with Crippen molar-refractivity contribution >= 4 is 11.6 Å². The Morgan fingerprint density at radius 2 is 1.91 bits per heavy atom. The Hall–Kier alpha value is -2.95. The number of aromatic nitrogens is 2. The summed E-state index contributed by atoms with van der Waals surface area (Å²) in [6.45, 7) is 0.690. The van der Waals surface area contributed by atoms with Crippen LogP contribution in [0.5, 0.6) is 0 Å². The molecule has 3 aromatic rings. The Kier molecular flexibility index (Phi) is 3.96. The minimum Gasteiger partial charge on any atom is -0.333 e. The molecular weight excluding hydrogens is 281 g/mol. The summed E-state index contributed by atoms with van der Waals surface area (Å²) in [6.07, 6.45) is 5.33. The van der Waals surface area contributed by atoms with E-state index in [0.29, 0.717) is 12.1 Å². The molecule has 4 nitrogen and oxygen atoms in total. The molecule has 0 aliphatic carbocycles. The standard InChI is InChI=1S/C17H14FN3O/c18-15-3-1-2-4-16(15)20-17(22)14-7-5-13(6-8-14)11-21-10-9-19-12-21/h1-10,12H,11H2,(H,20,22). The van der Waals surface area contributed by atoms with Crippen LogP contribution >= 0.6 is 0 Å². The molecule has 0 saturated heterocycles. The lowest BCUT2D eigenvalue weighted by Crippen LogP contribution is -2.13. The van der Waals surface area contributed by atoms with Gasteiger partial charge in [-0.25, -0.2) is 9.37 Å². The second-order valence-electron chi connectivity index (χ2n) is 4.87. The van der Waals surface area contributed by atoms with Gasteiger partial charge in [0.05, 0.1) is 12.0 Å². The molecule has 0 aliphatic heterocycles. The zero-order chi connectivity index (χ0) is 15.4. The summed E-state index contributed by atoms with van der Waals surface area (Å²) in [4.78, 5) is 16.1. The van der Waals surface area contributed by atoms with Gasteiger partial charge in [-0.1, -0.05) is 24.3 Å². The lowest BCUT2D eigenvalue weighted by molar-refractivity contribution is 0.102. The third-order valence-electron chi connectivity index (χ3n) is 3.26. The topological polar surface area (TPSA) is 46.9 Å². The first-order valence-electron chi connectivity index (χ1n) is 6.83. The Labute approximate surface area is 127 Å². The van der Waals surface area contributed by atoms with E-state index in [4.69, 9.17) is 0 Å². The number of hydrogen-bond acceptors (Lipinski definition) is 2. The number of carbonyl (C=O) groups is 1. The first-order valence-corrected chi connectivity index (χ1v) is 6.83. The van der Waals surface area contributed by atoms with E-state index >= 15 is 0 Å². The Morgan fingerprint density at radius 3 is 2.59 bits per heavy atom. The van der Waals surface area contributed by atoms with Gasteiger partial charge in [-0.05, 0) is 29.8 Å². The van der Waals surface area contributed by atoms with E-state index in [1.54, 1.807) is 36.8 Å². The fourth-order valence-corrected chi connectivity index (χ4v) is 2.11. The number of imidazole rings is 1. The van der Waals surface area contributed by atoms with Crippen LogP contribution in [0.15, 0.2) is 67.3 Å². The van der Waals surface area contributed by atoms with Crippen molar-refractivity contribution in [2.45, 2.75) is 6.54 Å². The van der Waals surface area contributed by atoms with Crippen LogP contribution in [-0.4, -0.2) is 15.5 Å². The zero-order valence-corrected chi connectivity index (χ0v) is 11.7. The van der Waals surface area contributed by atoms with Gasteiger partial charge >= 0.3 is 0 Å². The van der Waals surface area contributed by atoms with Crippen molar-refractivity contribution in [3.8, 4) is 0 Å². The number of carbonyl (C=O) groups excluding carboxylic acids is 1. The van der Waals surface area contributed by atoms with Crippen LogP contribution in [0.25, 0.3) is 0 Å². The first kappa shape index (κ1) is 14.0. The van der Waals surface area contributed by atoms with Gasteiger partial charge in [0, 0.05) is 24.5 Å². The maximum atomic E-state index is 13.5. The van der Waals surface area contributed by atoms with E-state index in [0.717, 1.165) is 5.56 Å². The minimum absolute atomic E-state index is 0.176. The second-order valence-corrected chi connectivity index (χ2v) is 4.87. The predicted molar refractivity (Wildman–Crippen MR) is 82.1 cm³/mol. The average Bonchev–Trinajstić information content (AvgIpc) is 3.03. The smallest absolute Gasteiger partial charge is 0.255 e. The summed E-state index contributed by atoms with van der Waals surface area (Å²) in [5.74, 6) is -0.785. The van der Waals surface area contributed by atoms with Crippen molar-refractivity contribution in [3.63, 3.8) is 0 Å². The third kappa shape index (κ3) is 3.20. The molecule has 2 aromatic carbocycles. The van der Waals surface area contributed by atoms with Crippen LogP contribution in [0.2, 0.25) is 0 Å². The quantitative estimate of drug-likeness (QED) is 0.802. The molecule has 110 valence electrons. The molecule has 22 heavy (non-hydrogen) atoms. The van der Waals surface area contributed by atoms with Gasteiger partial charge in [0.15, 0.2) is 0 Å². The van der Waals surface area contributed by atoms with Crippen molar-refractivity contribution in [1.82, 2.24) is 9.55 Å². The Morgan fingerprint density at radius 1 is 1.14 bits per heavy atom. The van der Waals surface area contributed by atoms with E-state index < -0.39 is 5.82 Å². The van der Waals surface area contributed by atoms with Crippen LogP contribution in [0.4, 0.5) is 10.1 Å². The molecule has 1 heterocycles. The fourth-order valence-electron chi connectivity index (χ4n) is 2.11. The normalized spacial score (nSPS) is 10.4. The Balaban J connectivity index is 1.70. The van der Waals surface area contributed by atoms with Gasteiger partial charge in [0.25, 0.3) is 5.91 Å². The van der Waals surface area contributed by atoms with Gasteiger partial charge < -0.3 is 9.88 Å². The summed E-state index contributed by atoms with van der Waals surface area (Å²) in [5, 5.41) is 2.56. The van der Waals surface area contributed by atoms with Crippen LogP contribution in [0, 0.1) is 5.82 Å². The second kappa shape index (κ2) is 6.22. The highest BCUT2D eigenvalue weighted by Gasteiger charge is 2.08. The Bertz CT molecular complexity index is 767. The molecule has 3 rings (SSSR count). The number of benzene rings is 2. The number of nitrogens with one attached hydrogen (secondary N) is 1. The molecule has 1 aromatic heterocycles. The molecular formula is C17H14FN3O. The van der Waals surface area contributed by atoms with Gasteiger partial charge in [0.2, 0.25) is 0 Å². The van der Waals surface area contributed by atoms with Crippen LogP contribution in [-0.2, 0) is 6.54 Å². The van der Waals surface area contributed by atoms with Crippen molar-refractivity contribution in [2.24, 2.45) is 0 Å². The molecule has 1 amide bonds. The largest absolute Gasteiger partial charge is 0.333 e. The highest BCUT2D eigenvalue weighted by atomic mass is 19.1. The van der Waals surface area contributed by atoms with E-state index in [9.17, 15) is 9.18 Å². The number of nitrogens with zero attached hydrogens (tertiary/aromatic N) is 2. The highest BCUT2D eigenvalue weighted by Crippen LogP contribution is 2.14. The first-order chi connectivity index (χ1) is 10.7. The van der Waals surface area contributed by atoms with Gasteiger partial charge in [0.1, 0.15) is 5.82 Å². The summed E-state index contributed by atoms with van der Waals surface area (Å²) < 4.78 is 15.5. The van der Waals surface area contributed by atoms with Gasteiger partial charge in [-0.15, -0.1) is 0 Å². The molecule has 0 saturated carbocycles. The zero-order valence-electron chi connectivity index (χ0n) is 11.7. The van der Waals surface area contributed by atoms with Crippen LogP contribution < -0.4 is 5.32 Å². The summed E-state index contributed by atoms with van der Waals surface area (Å²) in [5.41, 5.74) is 1.72. The van der Waals surface area contributed by atoms with Gasteiger partial charge in [-0.2, -0.15) is 0 Å². The molecule has 0 radical (unpaired) electrons. The third-order valence-corrected chi connectivity index (χ3v) is 3.26. The van der Waals surface area contributed by atoms with Crippen molar-refractivity contribution in [1.29, 1.82) is 0 Å². The summed E-state index contributed by atoms with van der Waals surface area (Å²) in [6, 6.07) is 13.3.